The van der Waals surface area contributed by atoms with Gasteiger partial charge in [-0.25, -0.2) is 0 Å². The van der Waals surface area contributed by atoms with Crippen LogP contribution in [0.3, 0.4) is 0 Å². The molecule has 3 heteroatoms. The maximum absolute atomic E-state index is 6.36. The van der Waals surface area contributed by atoms with Gasteiger partial charge >= 0.3 is 0 Å². The summed E-state index contributed by atoms with van der Waals surface area (Å²) in [6, 6.07) is 82.4. The van der Waals surface area contributed by atoms with Gasteiger partial charge in [0.05, 0.1) is 22.4 Å². The highest BCUT2D eigenvalue weighted by Gasteiger charge is 2.26. The number of furan rings is 1. The second kappa shape index (κ2) is 16.4. The number of aromatic nitrogens is 1. The van der Waals surface area contributed by atoms with Gasteiger partial charge < -0.3 is 13.9 Å². The van der Waals surface area contributed by atoms with Gasteiger partial charge in [0, 0.05) is 49.6 Å². The molecule has 1 aliphatic carbocycles. The second-order valence-corrected chi connectivity index (χ2v) is 18.2. The molecule has 10 aromatic carbocycles. The molecule has 1 fully saturated rings. The summed E-state index contributed by atoms with van der Waals surface area (Å²) in [6.07, 6.45) is 6.41. The largest absolute Gasteiger partial charge is 0.456 e. The Morgan fingerprint density at radius 2 is 1.01 bits per heavy atom. The van der Waals surface area contributed by atoms with Crippen LogP contribution in [0, 0.1) is 0 Å². The molecule has 0 radical (unpaired) electrons. The molecule has 1 saturated carbocycles. The van der Waals surface area contributed by atoms with Crippen molar-refractivity contribution in [1.82, 2.24) is 4.57 Å². The number of hydrogen-bond donors (Lipinski definition) is 0. The molecule has 67 heavy (non-hydrogen) atoms. The topological polar surface area (TPSA) is 21.3 Å². The quantitative estimate of drug-likeness (QED) is 0.152. The lowest BCUT2D eigenvalue weighted by Gasteiger charge is -2.31. The number of rotatable bonds is 8. The molecule has 13 rings (SSSR count). The number of para-hydroxylation sites is 6. The predicted molar refractivity (Wildman–Crippen MR) is 282 cm³/mol. The van der Waals surface area contributed by atoms with E-state index in [1.165, 1.54) is 86.9 Å². The summed E-state index contributed by atoms with van der Waals surface area (Å²) in [7, 11) is 0. The molecule has 320 valence electrons. The van der Waals surface area contributed by atoms with Gasteiger partial charge in [-0.2, -0.15) is 0 Å². The van der Waals surface area contributed by atoms with E-state index in [0.29, 0.717) is 5.92 Å². The average Bonchev–Trinajstić information content (AvgIpc) is 3.95. The van der Waals surface area contributed by atoms with Crippen molar-refractivity contribution in [2.24, 2.45) is 0 Å². The number of anilines is 3. The van der Waals surface area contributed by atoms with Crippen LogP contribution in [0.2, 0.25) is 0 Å². The molecule has 0 N–H and O–H groups in total. The SMILES string of the molecule is c1ccc(-n2c3ccccc3c3cccc(-c4ccccc4N(c4ccc(-c5ccc6c(c5)oc5ccccc56)cc4)c4ccccc4-c4cccc5cccc(C6CCCCC6)c45)c32)cc1. The van der Waals surface area contributed by atoms with Crippen molar-refractivity contribution in [2.45, 2.75) is 38.0 Å². The zero-order valence-electron chi connectivity index (χ0n) is 37.3. The number of benzene rings is 10. The lowest BCUT2D eigenvalue weighted by Crippen LogP contribution is -2.13. The van der Waals surface area contributed by atoms with Gasteiger partial charge in [-0.15, -0.1) is 0 Å². The van der Waals surface area contributed by atoms with Crippen LogP contribution < -0.4 is 4.90 Å². The summed E-state index contributed by atoms with van der Waals surface area (Å²) in [4.78, 5) is 2.51. The van der Waals surface area contributed by atoms with Crippen molar-refractivity contribution in [2.75, 3.05) is 4.90 Å². The molecule has 12 aromatic rings. The van der Waals surface area contributed by atoms with Crippen LogP contribution in [-0.4, -0.2) is 4.57 Å². The van der Waals surface area contributed by atoms with Gasteiger partial charge in [-0.1, -0.05) is 183 Å². The van der Waals surface area contributed by atoms with Crippen LogP contribution in [0.1, 0.15) is 43.6 Å². The van der Waals surface area contributed by atoms with E-state index in [1.54, 1.807) is 0 Å². The minimum atomic E-state index is 0.561. The summed E-state index contributed by atoms with van der Waals surface area (Å²) in [5, 5.41) is 7.43. The fraction of sp³-hybridized carbons (Fsp3) is 0.0938. The minimum absolute atomic E-state index is 0.561. The fourth-order valence-electron chi connectivity index (χ4n) is 11.3. The van der Waals surface area contributed by atoms with E-state index in [1.807, 2.05) is 12.1 Å². The zero-order valence-corrected chi connectivity index (χ0v) is 37.3. The molecular formula is C64H48N2O. The molecule has 0 unspecified atom stereocenters. The number of hydrogen-bond acceptors (Lipinski definition) is 2. The Hall–Kier alpha value is -8.14. The van der Waals surface area contributed by atoms with Crippen LogP contribution in [0.15, 0.2) is 229 Å². The Labute approximate surface area is 390 Å². The Bertz CT molecular complexity index is 3790. The summed E-state index contributed by atoms with van der Waals surface area (Å²) in [5.41, 5.74) is 17.2. The van der Waals surface area contributed by atoms with Gasteiger partial charge in [0.2, 0.25) is 0 Å². The first-order chi connectivity index (χ1) is 33.3. The highest BCUT2D eigenvalue weighted by molar-refractivity contribution is 6.15. The smallest absolute Gasteiger partial charge is 0.136 e. The van der Waals surface area contributed by atoms with Crippen molar-refractivity contribution >= 4 is 71.6 Å². The maximum atomic E-state index is 6.36. The van der Waals surface area contributed by atoms with Crippen molar-refractivity contribution in [3.8, 4) is 39.1 Å². The summed E-state index contributed by atoms with van der Waals surface area (Å²) in [5.74, 6) is 0.561. The lowest BCUT2D eigenvalue weighted by atomic mass is 9.80. The van der Waals surface area contributed by atoms with E-state index in [2.05, 4.69) is 222 Å². The van der Waals surface area contributed by atoms with Crippen LogP contribution in [0.25, 0.3) is 93.6 Å². The van der Waals surface area contributed by atoms with E-state index in [4.69, 9.17) is 4.42 Å². The third kappa shape index (κ3) is 6.64. The average molecular weight is 861 g/mol. The molecule has 2 aromatic heterocycles. The second-order valence-electron chi connectivity index (χ2n) is 18.2. The van der Waals surface area contributed by atoms with Gasteiger partial charge in [0.1, 0.15) is 11.2 Å². The van der Waals surface area contributed by atoms with Crippen molar-refractivity contribution in [3.63, 3.8) is 0 Å². The first-order valence-corrected chi connectivity index (χ1v) is 23.9. The molecular weight excluding hydrogens is 813 g/mol. The van der Waals surface area contributed by atoms with Gasteiger partial charge in [0.15, 0.2) is 0 Å². The molecule has 0 aliphatic heterocycles. The van der Waals surface area contributed by atoms with Crippen LogP contribution in [0.5, 0.6) is 0 Å². The molecule has 0 saturated heterocycles. The van der Waals surface area contributed by atoms with E-state index in [-0.39, 0.29) is 0 Å². The first-order valence-electron chi connectivity index (χ1n) is 23.9. The Morgan fingerprint density at radius 3 is 1.82 bits per heavy atom. The third-order valence-corrected chi connectivity index (χ3v) is 14.4. The summed E-state index contributed by atoms with van der Waals surface area (Å²) in [6.45, 7) is 0. The zero-order chi connectivity index (χ0) is 44.3. The minimum Gasteiger partial charge on any atom is -0.456 e. The Balaban J connectivity index is 1.04. The predicted octanol–water partition coefficient (Wildman–Crippen LogP) is 18.4. The lowest BCUT2D eigenvalue weighted by molar-refractivity contribution is 0.445. The number of nitrogens with zero attached hydrogens (tertiary/aromatic N) is 2. The Morgan fingerprint density at radius 1 is 0.418 bits per heavy atom. The first kappa shape index (κ1) is 39.2. The molecule has 2 heterocycles. The van der Waals surface area contributed by atoms with Crippen molar-refractivity contribution in [3.05, 3.63) is 230 Å². The number of fused-ring (bicyclic) bond motifs is 7. The summed E-state index contributed by atoms with van der Waals surface area (Å²) < 4.78 is 8.81. The van der Waals surface area contributed by atoms with Crippen molar-refractivity contribution < 1.29 is 4.42 Å². The van der Waals surface area contributed by atoms with E-state index in [9.17, 15) is 0 Å². The van der Waals surface area contributed by atoms with E-state index in [0.717, 1.165) is 61.4 Å². The maximum Gasteiger partial charge on any atom is 0.136 e. The highest BCUT2D eigenvalue weighted by atomic mass is 16.3. The van der Waals surface area contributed by atoms with E-state index >= 15 is 0 Å². The van der Waals surface area contributed by atoms with Gasteiger partial charge in [-0.3, -0.25) is 0 Å². The van der Waals surface area contributed by atoms with E-state index < -0.39 is 0 Å². The standard InChI is InChI=1S/C64H48N2O/c1-3-18-44(19-4-1)49-28-15-20-45-21-16-29-55(63(45)49)50-24-7-11-32-58(50)65(48-39-36-43(37-40-48)46-38-41-54-53-27-10-14-35-61(53)67-62(54)42-46)59-33-12-8-25-51(59)56-30-17-31-57-52-26-9-13-34-60(52)66(64(56)57)47-22-5-2-6-23-47/h2,5-17,20-42,44H,1,3-4,18-19H2. The van der Waals surface area contributed by atoms with Crippen LogP contribution in [0.4, 0.5) is 17.1 Å². The fourth-order valence-corrected chi connectivity index (χ4v) is 11.3. The molecule has 0 bridgehead atoms. The molecule has 0 atom stereocenters. The Kier molecular flexibility index (Phi) is 9.60. The third-order valence-electron chi connectivity index (χ3n) is 14.4. The summed E-state index contributed by atoms with van der Waals surface area (Å²) >= 11 is 0. The van der Waals surface area contributed by atoms with Crippen molar-refractivity contribution in [1.29, 1.82) is 0 Å². The van der Waals surface area contributed by atoms with Crippen LogP contribution in [-0.2, 0) is 0 Å². The molecule has 1 aliphatic rings. The van der Waals surface area contributed by atoms with Gasteiger partial charge in [-0.05, 0) is 112 Å². The highest BCUT2D eigenvalue weighted by Crippen LogP contribution is 2.49. The van der Waals surface area contributed by atoms with Crippen LogP contribution >= 0.6 is 0 Å². The monoisotopic (exact) mass is 860 g/mol. The molecule has 3 nitrogen and oxygen atoms in total. The normalized spacial score (nSPS) is 13.3. The molecule has 0 spiro atoms. The van der Waals surface area contributed by atoms with Gasteiger partial charge in [0.25, 0.3) is 0 Å². The molecule has 0 amide bonds.